The van der Waals surface area contributed by atoms with Gasteiger partial charge in [0.1, 0.15) is 18.1 Å². The van der Waals surface area contributed by atoms with Gasteiger partial charge < -0.3 is 20.7 Å². The minimum atomic E-state index is -5.94. The Balaban J connectivity index is 2.48. The molecule has 1 saturated heterocycles. The molecule has 1 aliphatic heterocycles. The Kier molecular flexibility index (Phi) is 4.34. The Bertz CT molecular complexity index is 648. The molecule has 1 aliphatic rings. The van der Waals surface area contributed by atoms with E-state index in [1.165, 1.54) is 0 Å². The third kappa shape index (κ3) is 3.01. The molecule has 7 nitrogen and oxygen atoms in total. The number of halogens is 5. The van der Waals surface area contributed by atoms with Crippen LogP contribution in [0.15, 0.2) is 11.0 Å². The molecule has 2 heterocycles. The van der Waals surface area contributed by atoms with Crippen molar-refractivity contribution in [1.82, 2.24) is 9.55 Å². The molecule has 3 atom stereocenters. The summed E-state index contributed by atoms with van der Waals surface area (Å²) in [4.78, 5) is 14.6. The van der Waals surface area contributed by atoms with Gasteiger partial charge in [-0.25, -0.2) is 4.79 Å². The van der Waals surface area contributed by atoms with Crippen molar-refractivity contribution >= 4 is 5.82 Å². The van der Waals surface area contributed by atoms with Crippen LogP contribution in [-0.2, 0) is 10.7 Å². The number of nitrogens with zero attached hydrogens (tertiary/aromatic N) is 2. The standard InChI is InChI=1S/C11H12F5N3O4/c12-10(13,11(14,15)16)4-2-19(9(22)18-8(4)17)7-1-5(21)6(3-20)23-7/h2,5-7,20-21H,1,3H2,(H2,17,18,22)/t5-,6+,7+/m0/s1. The molecule has 4 N–H and O–H groups in total. The first kappa shape index (κ1) is 17.6. The second kappa shape index (κ2) is 5.69. The van der Waals surface area contributed by atoms with Crippen LogP contribution < -0.4 is 11.4 Å². The number of hydrogen-bond acceptors (Lipinski definition) is 6. The second-order valence-electron chi connectivity index (χ2n) is 4.92. The number of aromatic nitrogens is 2. The summed E-state index contributed by atoms with van der Waals surface area (Å²) < 4.78 is 69.7. The van der Waals surface area contributed by atoms with Gasteiger partial charge in [-0.3, -0.25) is 4.57 Å². The lowest BCUT2D eigenvalue weighted by molar-refractivity contribution is -0.289. The number of ether oxygens (including phenoxy) is 1. The molecule has 1 aromatic heterocycles. The molecular formula is C11H12F5N3O4. The van der Waals surface area contributed by atoms with Gasteiger partial charge in [0.15, 0.2) is 0 Å². The van der Waals surface area contributed by atoms with E-state index in [2.05, 4.69) is 4.98 Å². The Labute approximate surface area is 125 Å². The van der Waals surface area contributed by atoms with Gasteiger partial charge in [-0.2, -0.15) is 26.9 Å². The van der Waals surface area contributed by atoms with E-state index in [-0.39, 0.29) is 12.6 Å². The zero-order valence-corrected chi connectivity index (χ0v) is 11.3. The summed E-state index contributed by atoms with van der Waals surface area (Å²) in [5.74, 6) is -6.58. The van der Waals surface area contributed by atoms with Crippen LogP contribution in [0.5, 0.6) is 0 Å². The molecule has 0 aliphatic carbocycles. The van der Waals surface area contributed by atoms with Crippen molar-refractivity contribution in [3.05, 3.63) is 22.2 Å². The molecule has 1 aromatic rings. The number of hydrogen-bond donors (Lipinski definition) is 3. The molecule has 2 rings (SSSR count). The third-order valence-corrected chi connectivity index (χ3v) is 3.37. The fourth-order valence-corrected chi connectivity index (χ4v) is 2.13. The first-order chi connectivity index (χ1) is 10.5. The molecular weight excluding hydrogens is 333 g/mol. The summed E-state index contributed by atoms with van der Waals surface area (Å²) in [5, 5.41) is 18.5. The number of aliphatic hydroxyl groups is 2. The second-order valence-corrected chi connectivity index (χ2v) is 4.92. The summed E-state index contributed by atoms with van der Waals surface area (Å²) in [6.07, 6.45) is -9.71. The van der Waals surface area contributed by atoms with E-state index in [4.69, 9.17) is 15.6 Å². The monoisotopic (exact) mass is 345 g/mol. The zero-order chi connectivity index (χ0) is 17.6. The van der Waals surface area contributed by atoms with Crippen LogP contribution in [0.4, 0.5) is 27.8 Å². The van der Waals surface area contributed by atoms with Gasteiger partial charge in [-0.15, -0.1) is 0 Å². The Hall–Kier alpha value is -1.79. The highest BCUT2D eigenvalue weighted by atomic mass is 19.4. The van der Waals surface area contributed by atoms with Crippen LogP contribution in [0.25, 0.3) is 0 Å². The van der Waals surface area contributed by atoms with Crippen molar-refractivity contribution in [1.29, 1.82) is 0 Å². The van der Waals surface area contributed by atoms with Crippen LogP contribution in [0.3, 0.4) is 0 Å². The predicted molar refractivity (Wildman–Crippen MR) is 64.5 cm³/mol. The zero-order valence-electron chi connectivity index (χ0n) is 11.3. The number of anilines is 1. The van der Waals surface area contributed by atoms with E-state index >= 15 is 0 Å². The molecule has 0 saturated carbocycles. The van der Waals surface area contributed by atoms with Crippen LogP contribution >= 0.6 is 0 Å². The van der Waals surface area contributed by atoms with Gasteiger partial charge in [0.25, 0.3) is 0 Å². The number of nitrogens with two attached hydrogens (primary N) is 1. The maximum absolute atomic E-state index is 13.5. The van der Waals surface area contributed by atoms with Crippen molar-refractivity contribution in [3.63, 3.8) is 0 Å². The van der Waals surface area contributed by atoms with E-state index in [0.29, 0.717) is 4.57 Å². The molecule has 23 heavy (non-hydrogen) atoms. The molecule has 0 amide bonds. The highest BCUT2D eigenvalue weighted by molar-refractivity contribution is 5.41. The van der Waals surface area contributed by atoms with Gasteiger partial charge in [-0.05, 0) is 0 Å². The molecule has 0 unspecified atom stereocenters. The van der Waals surface area contributed by atoms with Crippen molar-refractivity contribution in [2.75, 3.05) is 12.3 Å². The number of aliphatic hydroxyl groups excluding tert-OH is 2. The summed E-state index contributed by atoms with van der Waals surface area (Å²) in [6.45, 7) is -0.625. The highest BCUT2D eigenvalue weighted by Gasteiger charge is 2.60. The largest absolute Gasteiger partial charge is 0.458 e. The average molecular weight is 345 g/mol. The maximum Gasteiger partial charge on any atom is 0.458 e. The van der Waals surface area contributed by atoms with E-state index in [0.717, 1.165) is 0 Å². The minimum Gasteiger partial charge on any atom is -0.394 e. The van der Waals surface area contributed by atoms with Crippen LogP contribution in [0.1, 0.15) is 18.2 Å². The smallest absolute Gasteiger partial charge is 0.394 e. The topological polar surface area (TPSA) is 111 Å². The summed E-state index contributed by atoms with van der Waals surface area (Å²) in [6, 6.07) is 0. The van der Waals surface area contributed by atoms with Crippen molar-refractivity contribution < 1.29 is 36.9 Å². The molecule has 0 radical (unpaired) electrons. The first-order valence-electron chi connectivity index (χ1n) is 6.27. The van der Waals surface area contributed by atoms with E-state index in [9.17, 15) is 31.9 Å². The fourth-order valence-electron chi connectivity index (χ4n) is 2.13. The van der Waals surface area contributed by atoms with E-state index in [1.54, 1.807) is 0 Å². The SMILES string of the molecule is Nc1nc(=O)n([C@H]2C[C@H](O)[C@@H](CO)O2)cc1C(F)(F)C(F)(F)F. The molecule has 0 bridgehead atoms. The van der Waals surface area contributed by atoms with Crippen LogP contribution in [0, 0.1) is 0 Å². The lowest BCUT2D eigenvalue weighted by Crippen LogP contribution is -2.38. The van der Waals surface area contributed by atoms with E-state index in [1.807, 2.05) is 0 Å². The van der Waals surface area contributed by atoms with Gasteiger partial charge >= 0.3 is 17.8 Å². The predicted octanol–water partition coefficient (Wildman–Crippen LogP) is 0.120. The van der Waals surface area contributed by atoms with Crippen molar-refractivity contribution in [2.45, 2.75) is 37.0 Å². The van der Waals surface area contributed by atoms with Crippen LogP contribution in [0.2, 0.25) is 0 Å². The van der Waals surface area contributed by atoms with Crippen molar-refractivity contribution in [2.24, 2.45) is 0 Å². The van der Waals surface area contributed by atoms with Gasteiger partial charge in [0, 0.05) is 12.6 Å². The fraction of sp³-hybridized carbons (Fsp3) is 0.636. The molecule has 0 spiro atoms. The molecule has 1 fully saturated rings. The third-order valence-electron chi connectivity index (χ3n) is 3.37. The first-order valence-corrected chi connectivity index (χ1v) is 6.27. The molecule has 12 heteroatoms. The minimum absolute atomic E-state index is 0.204. The van der Waals surface area contributed by atoms with Gasteiger partial charge in [-0.1, -0.05) is 0 Å². The normalized spacial score (nSPS) is 25.8. The Morgan fingerprint density at radius 3 is 2.48 bits per heavy atom. The highest BCUT2D eigenvalue weighted by Crippen LogP contribution is 2.45. The lowest BCUT2D eigenvalue weighted by atomic mass is 10.1. The lowest BCUT2D eigenvalue weighted by Gasteiger charge is -2.22. The summed E-state index contributed by atoms with van der Waals surface area (Å²) in [5.41, 5.74) is 2.10. The number of nitrogen functional groups attached to an aromatic ring is 1. The Morgan fingerprint density at radius 1 is 1.39 bits per heavy atom. The van der Waals surface area contributed by atoms with Gasteiger partial charge in [0.05, 0.1) is 18.3 Å². The van der Waals surface area contributed by atoms with Crippen molar-refractivity contribution in [3.8, 4) is 0 Å². The number of alkyl halides is 5. The average Bonchev–Trinajstić information content (AvgIpc) is 2.78. The Morgan fingerprint density at radius 2 is 2.00 bits per heavy atom. The van der Waals surface area contributed by atoms with Crippen LogP contribution in [-0.4, -0.2) is 44.8 Å². The quantitative estimate of drug-likeness (QED) is 0.671. The number of rotatable bonds is 3. The maximum atomic E-state index is 13.5. The summed E-state index contributed by atoms with van der Waals surface area (Å²) in [7, 11) is 0. The van der Waals surface area contributed by atoms with Gasteiger partial charge in [0.2, 0.25) is 0 Å². The summed E-state index contributed by atoms with van der Waals surface area (Å²) >= 11 is 0. The molecule has 0 aromatic carbocycles. The van der Waals surface area contributed by atoms with E-state index < -0.39 is 54.2 Å². The molecule has 130 valence electrons.